The number of para-hydroxylation sites is 1. The van der Waals surface area contributed by atoms with Crippen molar-refractivity contribution in [3.8, 4) is 11.5 Å². The second kappa shape index (κ2) is 7.29. The van der Waals surface area contributed by atoms with Gasteiger partial charge in [0.15, 0.2) is 0 Å². The molecular weight excluding hydrogens is 288 g/mol. The SMILES string of the molecule is CN1CCC(NC(=O)c2ccc(Oc3ccccc3)cc2)CC1. The molecule has 1 N–H and O–H groups in total. The third-order valence-corrected chi connectivity index (χ3v) is 4.15. The van der Waals surface area contributed by atoms with Crippen molar-refractivity contribution in [2.24, 2.45) is 0 Å². The normalized spacial score (nSPS) is 16.0. The Labute approximate surface area is 137 Å². The summed E-state index contributed by atoms with van der Waals surface area (Å²) in [4.78, 5) is 14.6. The van der Waals surface area contributed by atoms with E-state index >= 15 is 0 Å². The van der Waals surface area contributed by atoms with Crippen LogP contribution >= 0.6 is 0 Å². The van der Waals surface area contributed by atoms with E-state index in [1.165, 1.54) is 0 Å². The lowest BCUT2D eigenvalue weighted by molar-refractivity contribution is 0.0917. The van der Waals surface area contributed by atoms with Gasteiger partial charge in [-0.3, -0.25) is 4.79 Å². The summed E-state index contributed by atoms with van der Waals surface area (Å²) in [5.74, 6) is 1.51. The van der Waals surface area contributed by atoms with E-state index in [0.29, 0.717) is 5.56 Å². The number of carbonyl (C=O) groups excluding carboxylic acids is 1. The molecule has 2 aromatic rings. The predicted molar refractivity (Wildman–Crippen MR) is 90.9 cm³/mol. The Kier molecular flexibility index (Phi) is 4.93. The Balaban J connectivity index is 1.57. The van der Waals surface area contributed by atoms with Crippen molar-refractivity contribution < 1.29 is 9.53 Å². The highest BCUT2D eigenvalue weighted by molar-refractivity contribution is 5.94. The molecule has 23 heavy (non-hydrogen) atoms. The van der Waals surface area contributed by atoms with Gasteiger partial charge in [-0.15, -0.1) is 0 Å². The number of hydrogen-bond donors (Lipinski definition) is 1. The van der Waals surface area contributed by atoms with Crippen LogP contribution in [-0.4, -0.2) is 37.0 Å². The molecule has 1 aliphatic rings. The summed E-state index contributed by atoms with van der Waals surface area (Å²) in [5.41, 5.74) is 0.671. The fourth-order valence-electron chi connectivity index (χ4n) is 2.72. The summed E-state index contributed by atoms with van der Waals surface area (Å²) >= 11 is 0. The second-order valence-corrected chi connectivity index (χ2v) is 5.99. The maximum Gasteiger partial charge on any atom is 0.251 e. The second-order valence-electron chi connectivity index (χ2n) is 5.99. The molecule has 1 heterocycles. The summed E-state index contributed by atoms with van der Waals surface area (Å²) in [7, 11) is 2.11. The number of rotatable bonds is 4. The molecule has 120 valence electrons. The number of piperidine rings is 1. The third-order valence-electron chi connectivity index (χ3n) is 4.15. The molecule has 1 saturated heterocycles. The summed E-state index contributed by atoms with van der Waals surface area (Å²) in [5, 5.41) is 3.12. The number of amides is 1. The van der Waals surface area contributed by atoms with Gasteiger partial charge >= 0.3 is 0 Å². The summed E-state index contributed by atoms with van der Waals surface area (Å²) in [6, 6.07) is 17.2. The van der Waals surface area contributed by atoms with E-state index < -0.39 is 0 Å². The van der Waals surface area contributed by atoms with Gasteiger partial charge < -0.3 is 15.0 Å². The minimum atomic E-state index is -0.00851. The standard InChI is InChI=1S/C19H22N2O2/c1-21-13-11-16(12-14-21)20-19(22)15-7-9-18(10-8-15)23-17-5-3-2-4-6-17/h2-10,16H,11-14H2,1H3,(H,20,22). The first kappa shape index (κ1) is 15.6. The van der Waals surface area contributed by atoms with Gasteiger partial charge in [-0.2, -0.15) is 0 Å². The van der Waals surface area contributed by atoms with Gasteiger partial charge in [0.2, 0.25) is 0 Å². The lowest BCUT2D eigenvalue weighted by Crippen LogP contribution is -2.43. The Hall–Kier alpha value is -2.33. The monoisotopic (exact) mass is 310 g/mol. The van der Waals surface area contributed by atoms with Gasteiger partial charge in [-0.05, 0) is 69.4 Å². The number of ether oxygens (including phenoxy) is 1. The van der Waals surface area contributed by atoms with Crippen LogP contribution in [0, 0.1) is 0 Å². The summed E-state index contributed by atoms with van der Waals surface area (Å²) < 4.78 is 5.74. The van der Waals surface area contributed by atoms with Crippen LogP contribution in [0.15, 0.2) is 54.6 Å². The Bertz CT molecular complexity index is 632. The van der Waals surface area contributed by atoms with Crippen LogP contribution in [-0.2, 0) is 0 Å². The maximum absolute atomic E-state index is 12.3. The molecule has 4 nitrogen and oxygen atoms in total. The van der Waals surface area contributed by atoms with Gasteiger partial charge in [-0.25, -0.2) is 0 Å². The number of nitrogens with one attached hydrogen (secondary N) is 1. The van der Waals surface area contributed by atoms with Crippen LogP contribution in [0.3, 0.4) is 0 Å². The molecule has 0 radical (unpaired) electrons. The highest BCUT2D eigenvalue weighted by Gasteiger charge is 2.19. The van der Waals surface area contributed by atoms with Crippen LogP contribution in [0.1, 0.15) is 23.2 Å². The molecule has 1 aliphatic heterocycles. The first-order valence-corrected chi connectivity index (χ1v) is 8.03. The molecule has 3 rings (SSSR count). The van der Waals surface area contributed by atoms with Gasteiger partial charge in [0.1, 0.15) is 11.5 Å². The molecule has 1 amide bonds. The Morgan fingerprint density at radius 1 is 1.00 bits per heavy atom. The van der Waals surface area contributed by atoms with Crippen molar-refractivity contribution in [2.75, 3.05) is 20.1 Å². The number of hydrogen-bond acceptors (Lipinski definition) is 3. The van der Waals surface area contributed by atoms with Crippen molar-refractivity contribution >= 4 is 5.91 Å². The zero-order chi connectivity index (χ0) is 16.1. The molecular formula is C19H22N2O2. The van der Waals surface area contributed by atoms with Crippen LogP contribution in [0.5, 0.6) is 11.5 Å². The van der Waals surface area contributed by atoms with Crippen LogP contribution < -0.4 is 10.1 Å². The highest BCUT2D eigenvalue weighted by atomic mass is 16.5. The average Bonchev–Trinajstić information content (AvgIpc) is 2.58. The van der Waals surface area contributed by atoms with Gasteiger partial charge in [0.05, 0.1) is 0 Å². The molecule has 0 atom stereocenters. The largest absolute Gasteiger partial charge is 0.457 e. The first-order chi connectivity index (χ1) is 11.2. The van der Waals surface area contributed by atoms with Crippen LogP contribution in [0.4, 0.5) is 0 Å². The van der Waals surface area contributed by atoms with Gasteiger partial charge in [-0.1, -0.05) is 18.2 Å². The number of likely N-dealkylation sites (tertiary alicyclic amines) is 1. The van der Waals surface area contributed by atoms with Crippen molar-refractivity contribution in [1.29, 1.82) is 0 Å². The molecule has 0 unspecified atom stereocenters. The Morgan fingerprint density at radius 3 is 2.26 bits per heavy atom. The summed E-state index contributed by atoms with van der Waals surface area (Å²) in [6.07, 6.45) is 2.02. The van der Waals surface area contributed by atoms with E-state index in [-0.39, 0.29) is 11.9 Å². The number of benzene rings is 2. The molecule has 0 bridgehead atoms. The van der Waals surface area contributed by atoms with E-state index in [0.717, 1.165) is 37.4 Å². The van der Waals surface area contributed by atoms with E-state index in [1.54, 1.807) is 0 Å². The highest BCUT2D eigenvalue weighted by Crippen LogP contribution is 2.21. The first-order valence-electron chi connectivity index (χ1n) is 8.03. The van der Waals surface area contributed by atoms with Crippen molar-refractivity contribution in [2.45, 2.75) is 18.9 Å². The zero-order valence-corrected chi connectivity index (χ0v) is 13.4. The molecule has 2 aromatic carbocycles. The molecule has 0 aliphatic carbocycles. The van der Waals surface area contributed by atoms with E-state index in [2.05, 4.69) is 17.3 Å². The Morgan fingerprint density at radius 2 is 1.61 bits per heavy atom. The minimum Gasteiger partial charge on any atom is -0.457 e. The van der Waals surface area contributed by atoms with E-state index in [1.807, 2.05) is 54.6 Å². The lowest BCUT2D eigenvalue weighted by atomic mass is 10.0. The number of carbonyl (C=O) groups is 1. The van der Waals surface area contributed by atoms with Gasteiger partial charge in [0.25, 0.3) is 5.91 Å². The van der Waals surface area contributed by atoms with Crippen LogP contribution in [0.25, 0.3) is 0 Å². The van der Waals surface area contributed by atoms with Crippen molar-refractivity contribution in [3.05, 3.63) is 60.2 Å². The zero-order valence-electron chi connectivity index (χ0n) is 13.4. The third kappa shape index (κ3) is 4.33. The van der Waals surface area contributed by atoms with Crippen LogP contribution in [0.2, 0.25) is 0 Å². The van der Waals surface area contributed by atoms with E-state index in [9.17, 15) is 4.79 Å². The smallest absolute Gasteiger partial charge is 0.251 e. The molecule has 0 saturated carbocycles. The average molecular weight is 310 g/mol. The fourth-order valence-corrected chi connectivity index (χ4v) is 2.72. The maximum atomic E-state index is 12.3. The predicted octanol–water partition coefficient (Wildman–Crippen LogP) is 3.30. The fraction of sp³-hybridized carbons (Fsp3) is 0.316. The molecule has 1 fully saturated rings. The molecule has 0 aromatic heterocycles. The molecule has 4 heteroatoms. The summed E-state index contributed by atoms with van der Waals surface area (Å²) in [6.45, 7) is 2.07. The lowest BCUT2D eigenvalue weighted by Gasteiger charge is -2.29. The van der Waals surface area contributed by atoms with Crippen molar-refractivity contribution in [3.63, 3.8) is 0 Å². The number of nitrogens with zero attached hydrogens (tertiary/aromatic N) is 1. The van der Waals surface area contributed by atoms with E-state index in [4.69, 9.17) is 4.74 Å². The molecule has 0 spiro atoms. The minimum absolute atomic E-state index is 0.00851. The quantitative estimate of drug-likeness (QED) is 0.942. The van der Waals surface area contributed by atoms with Crippen molar-refractivity contribution in [1.82, 2.24) is 10.2 Å². The topological polar surface area (TPSA) is 41.6 Å². The van der Waals surface area contributed by atoms with Gasteiger partial charge in [0, 0.05) is 11.6 Å².